The van der Waals surface area contributed by atoms with Crippen molar-refractivity contribution in [3.05, 3.63) is 50.9 Å². The van der Waals surface area contributed by atoms with E-state index in [1.165, 1.54) is 20.4 Å². The van der Waals surface area contributed by atoms with Crippen molar-refractivity contribution in [2.75, 3.05) is 0 Å². The topological polar surface area (TPSA) is 29.9 Å². The fraction of sp³-hybridized carbons (Fsp3) is 0.400. The van der Waals surface area contributed by atoms with E-state index in [9.17, 15) is 0 Å². The van der Waals surface area contributed by atoms with Gasteiger partial charge in [0.05, 0.1) is 6.20 Å². The number of rotatable bonds is 4. The van der Waals surface area contributed by atoms with Gasteiger partial charge in [0.1, 0.15) is 0 Å². The molecule has 0 aliphatic heterocycles. The largest absolute Gasteiger partial charge is 0.304 e. The van der Waals surface area contributed by atoms with Gasteiger partial charge in [-0.15, -0.1) is 0 Å². The zero-order valence-electron chi connectivity index (χ0n) is 11.8. The van der Waals surface area contributed by atoms with E-state index >= 15 is 0 Å². The van der Waals surface area contributed by atoms with Crippen LogP contribution < -0.4 is 5.32 Å². The number of benzene rings is 1. The molecule has 0 radical (unpaired) electrons. The Morgan fingerprint density at radius 1 is 1.16 bits per heavy atom. The highest BCUT2D eigenvalue weighted by Gasteiger charge is 2.15. The summed E-state index contributed by atoms with van der Waals surface area (Å²) in [5.41, 5.74) is 3.79. The molecule has 102 valence electrons. The van der Waals surface area contributed by atoms with Crippen LogP contribution in [0.3, 0.4) is 0 Å². The molecule has 0 saturated carbocycles. The first-order valence-electron chi connectivity index (χ1n) is 6.49. The second-order valence-corrected chi connectivity index (χ2v) is 6.22. The lowest BCUT2D eigenvalue weighted by Gasteiger charge is -2.20. The SMILES string of the molecule is Cc1c(C(C)NC(C)c2ccc(I)cc2)cnn1C. The van der Waals surface area contributed by atoms with Crippen molar-refractivity contribution in [3.63, 3.8) is 0 Å². The van der Waals surface area contributed by atoms with Gasteiger partial charge in [-0.05, 0) is 61.1 Å². The maximum atomic E-state index is 4.30. The summed E-state index contributed by atoms with van der Waals surface area (Å²) in [4.78, 5) is 0. The van der Waals surface area contributed by atoms with Crippen LogP contribution in [0.2, 0.25) is 0 Å². The molecule has 0 spiro atoms. The average molecular weight is 369 g/mol. The molecule has 3 nitrogen and oxygen atoms in total. The lowest BCUT2D eigenvalue weighted by atomic mass is 10.1. The number of hydrogen-bond donors (Lipinski definition) is 1. The Morgan fingerprint density at radius 3 is 2.32 bits per heavy atom. The summed E-state index contributed by atoms with van der Waals surface area (Å²) in [6.45, 7) is 6.49. The number of hydrogen-bond acceptors (Lipinski definition) is 2. The first-order valence-corrected chi connectivity index (χ1v) is 7.57. The second kappa shape index (κ2) is 6.05. The Kier molecular flexibility index (Phi) is 4.62. The molecule has 0 aliphatic rings. The Hall–Kier alpha value is -0.880. The van der Waals surface area contributed by atoms with Gasteiger partial charge < -0.3 is 5.32 Å². The van der Waals surface area contributed by atoms with Crippen LogP contribution in [0, 0.1) is 10.5 Å². The highest BCUT2D eigenvalue weighted by molar-refractivity contribution is 14.1. The summed E-state index contributed by atoms with van der Waals surface area (Å²) >= 11 is 2.33. The minimum absolute atomic E-state index is 0.294. The zero-order valence-corrected chi connectivity index (χ0v) is 14.0. The fourth-order valence-corrected chi connectivity index (χ4v) is 2.61. The van der Waals surface area contributed by atoms with E-state index in [0.29, 0.717) is 12.1 Å². The standard InChI is InChI=1S/C15H20IN3/c1-10(13-5-7-14(16)8-6-13)18-11(2)15-9-17-19(4)12(15)3/h5-11,18H,1-4H3. The Bertz CT molecular complexity index is 545. The summed E-state index contributed by atoms with van der Waals surface area (Å²) < 4.78 is 3.19. The third-order valence-electron chi connectivity index (χ3n) is 3.61. The van der Waals surface area contributed by atoms with Crippen LogP contribution in [0.5, 0.6) is 0 Å². The van der Waals surface area contributed by atoms with E-state index in [1.807, 2.05) is 17.9 Å². The van der Waals surface area contributed by atoms with Gasteiger partial charge >= 0.3 is 0 Å². The van der Waals surface area contributed by atoms with Gasteiger partial charge in [-0.3, -0.25) is 4.68 Å². The first-order chi connectivity index (χ1) is 8.99. The van der Waals surface area contributed by atoms with E-state index < -0.39 is 0 Å². The van der Waals surface area contributed by atoms with Crippen molar-refractivity contribution >= 4 is 22.6 Å². The van der Waals surface area contributed by atoms with E-state index in [0.717, 1.165) is 0 Å². The Morgan fingerprint density at radius 2 is 1.79 bits per heavy atom. The molecule has 0 amide bonds. The fourth-order valence-electron chi connectivity index (χ4n) is 2.25. The van der Waals surface area contributed by atoms with Gasteiger partial charge in [0.25, 0.3) is 0 Å². The smallest absolute Gasteiger partial charge is 0.0540 e. The summed E-state index contributed by atoms with van der Waals surface area (Å²) in [5, 5.41) is 7.93. The first kappa shape index (κ1) is 14.5. The normalized spacial score (nSPS) is 14.4. The predicted molar refractivity (Wildman–Crippen MR) is 87.1 cm³/mol. The van der Waals surface area contributed by atoms with Crippen LogP contribution in [0.25, 0.3) is 0 Å². The summed E-state index contributed by atoms with van der Waals surface area (Å²) in [7, 11) is 1.98. The Labute approximate surface area is 128 Å². The molecular formula is C15H20IN3. The van der Waals surface area contributed by atoms with Crippen LogP contribution in [0.1, 0.15) is 42.8 Å². The Balaban J connectivity index is 2.08. The third-order valence-corrected chi connectivity index (χ3v) is 4.33. The molecule has 2 aromatic rings. The molecule has 2 atom stereocenters. The maximum absolute atomic E-state index is 4.30. The monoisotopic (exact) mass is 369 g/mol. The number of aryl methyl sites for hydroxylation is 1. The lowest BCUT2D eigenvalue weighted by molar-refractivity contribution is 0.492. The molecule has 1 aromatic carbocycles. The van der Waals surface area contributed by atoms with Crippen molar-refractivity contribution in [2.45, 2.75) is 32.9 Å². The van der Waals surface area contributed by atoms with E-state index in [-0.39, 0.29) is 0 Å². The molecule has 4 heteroatoms. The second-order valence-electron chi connectivity index (χ2n) is 4.97. The molecule has 2 rings (SSSR count). The molecule has 1 heterocycles. The van der Waals surface area contributed by atoms with Gasteiger partial charge in [0, 0.05) is 34.0 Å². The average Bonchev–Trinajstić information content (AvgIpc) is 2.70. The summed E-state index contributed by atoms with van der Waals surface area (Å²) in [6, 6.07) is 9.28. The van der Waals surface area contributed by atoms with Crippen LogP contribution >= 0.6 is 22.6 Å². The molecule has 2 unspecified atom stereocenters. The molecule has 1 aromatic heterocycles. The van der Waals surface area contributed by atoms with E-state index in [2.05, 4.69) is 78.0 Å². The van der Waals surface area contributed by atoms with E-state index in [1.54, 1.807) is 0 Å². The van der Waals surface area contributed by atoms with Gasteiger partial charge in [0.15, 0.2) is 0 Å². The van der Waals surface area contributed by atoms with Gasteiger partial charge in [-0.25, -0.2) is 0 Å². The number of nitrogens with one attached hydrogen (secondary N) is 1. The van der Waals surface area contributed by atoms with Crippen LogP contribution in [-0.4, -0.2) is 9.78 Å². The van der Waals surface area contributed by atoms with Gasteiger partial charge in [-0.1, -0.05) is 12.1 Å². The number of aromatic nitrogens is 2. The molecule has 1 N–H and O–H groups in total. The molecule has 0 aliphatic carbocycles. The minimum atomic E-state index is 0.294. The van der Waals surface area contributed by atoms with Crippen LogP contribution in [0.15, 0.2) is 30.5 Å². The molecule has 0 bridgehead atoms. The third kappa shape index (κ3) is 3.36. The van der Waals surface area contributed by atoms with Crippen molar-refractivity contribution in [1.29, 1.82) is 0 Å². The number of nitrogens with zero attached hydrogens (tertiary/aromatic N) is 2. The lowest BCUT2D eigenvalue weighted by Crippen LogP contribution is -2.22. The maximum Gasteiger partial charge on any atom is 0.0540 e. The quantitative estimate of drug-likeness (QED) is 0.833. The van der Waals surface area contributed by atoms with Gasteiger partial charge in [-0.2, -0.15) is 5.10 Å². The summed E-state index contributed by atoms with van der Waals surface area (Å²) in [6.07, 6.45) is 1.95. The van der Waals surface area contributed by atoms with Crippen molar-refractivity contribution < 1.29 is 0 Å². The number of halogens is 1. The molecule has 0 saturated heterocycles. The molecular weight excluding hydrogens is 349 g/mol. The van der Waals surface area contributed by atoms with Crippen molar-refractivity contribution in [3.8, 4) is 0 Å². The molecule has 0 fully saturated rings. The van der Waals surface area contributed by atoms with Crippen LogP contribution in [-0.2, 0) is 7.05 Å². The molecule has 19 heavy (non-hydrogen) atoms. The van der Waals surface area contributed by atoms with Crippen molar-refractivity contribution in [1.82, 2.24) is 15.1 Å². The van der Waals surface area contributed by atoms with E-state index in [4.69, 9.17) is 0 Å². The highest BCUT2D eigenvalue weighted by atomic mass is 127. The minimum Gasteiger partial charge on any atom is -0.304 e. The highest BCUT2D eigenvalue weighted by Crippen LogP contribution is 2.21. The zero-order chi connectivity index (χ0) is 14.0. The van der Waals surface area contributed by atoms with Crippen molar-refractivity contribution in [2.24, 2.45) is 7.05 Å². The summed E-state index contributed by atoms with van der Waals surface area (Å²) in [5.74, 6) is 0. The van der Waals surface area contributed by atoms with Gasteiger partial charge in [0.2, 0.25) is 0 Å². The van der Waals surface area contributed by atoms with Crippen LogP contribution in [0.4, 0.5) is 0 Å². The predicted octanol–water partition coefficient (Wildman–Crippen LogP) is 3.74.